The van der Waals surface area contributed by atoms with Crippen LogP contribution in [-0.4, -0.2) is 36.0 Å². The van der Waals surface area contributed by atoms with Gasteiger partial charge < -0.3 is 13.6 Å². The van der Waals surface area contributed by atoms with Crippen LogP contribution in [0, 0.1) is 0 Å². The second-order valence-electron chi connectivity index (χ2n) is 5.92. The summed E-state index contributed by atoms with van der Waals surface area (Å²) in [4.78, 5) is 0. The third-order valence-corrected chi connectivity index (χ3v) is 6.62. The maximum Gasteiger partial charge on any atom is 0.334 e. The molecule has 0 saturated heterocycles. The monoisotopic (exact) mass is 314 g/mol. The third-order valence-electron chi connectivity index (χ3n) is 3.63. The first-order valence-corrected chi connectivity index (χ1v) is 10.4. The van der Waals surface area contributed by atoms with Crippen LogP contribution >= 0.6 is 0 Å². The quantitative estimate of drug-likeness (QED) is 0.293. The van der Waals surface area contributed by atoms with E-state index in [0.29, 0.717) is 0 Å². The van der Waals surface area contributed by atoms with Gasteiger partial charge in [-0.05, 0) is 59.0 Å². The largest absolute Gasteiger partial charge is 0.398 e. The maximum atomic E-state index is 5.67. The van der Waals surface area contributed by atoms with Crippen LogP contribution in [0.4, 0.5) is 0 Å². The van der Waals surface area contributed by atoms with Crippen LogP contribution < -0.4 is 0 Å². The van der Waals surface area contributed by atoms with Crippen molar-refractivity contribution >= 4 is 8.56 Å². The highest BCUT2D eigenvalue weighted by Gasteiger charge is 2.27. The lowest BCUT2D eigenvalue weighted by molar-refractivity contribution is 0.136. The van der Waals surface area contributed by atoms with Gasteiger partial charge in [0.25, 0.3) is 0 Å². The van der Waals surface area contributed by atoms with E-state index in [2.05, 4.69) is 39.5 Å². The molecule has 0 spiro atoms. The van der Waals surface area contributed by atoms with Crippen molar-refractivity contribution in [3.05, 3.63) is 23.3 Å². The highest BCUT2D eigenvalue weighted by Crippen LogP contribution is 2.13. The van der Waals surface area contributed by atoms with Crippen molar-refractivity contribution in [3.8, 4) is 0 Å². The summed E-state index contributed by atoms with van der Waals surface area (Å²) in [6.07, 6.45) is 8.89. The summed E-state index contributed by atoms with van der Waals surface area (Å²) >= 11 is 0. The summed E-state index contributed by atoms with van der Waals surface area (Å²) in [5.41, 5.74) is 2.85. The van der Waals surface area contributed by atoms with Crippen LogP contribution in [0.3, 0.4) is 0 Å². The summed E-state index contributed by atoms with van der Waals surface area (Å²) in [7, 11) is 1.57. The molecule has 0 rings (SSSR count). The van der Waals surface area contributed by atoms with E-state index in [-0.39, 0.29) is 0 Å². The lowest BCUT2D eigenvalue weighted by atomic mass is 10.1. The minimum atomic E-state index is -1.91. The molecule has 0 aromatic carbocycles. The number of ether oxygens (including phenoxy) is 1. The summed E-state index contributed by atoms with van der Waals surface area (Å²) in [5.74, 6) is 0. The van der Waals surface area contributed by atoms with E-state index in [9.17, 15) is 0 Å². The second-order valence-corrected chi connectivity index (χ2v) is 9.50. The fraction of sp³-hybridized carbons (Fsp3) is 0.765. The zero-order chi connectivity index (χ0) is 16.1. The molecular weight excluding hydrogens is 280 g/mol. The van der Waals surface area contributed by atoms with Crippen molar-refractivity contribution in [1.82, 2.24) is 0 Å². The van der Waals surface area contributed by atoms with Gasteiger partial charge in [-0.25, -0.2) is 0 Å². The fourth-order valence-electron chi connectivity index (χ4n) is 1.96. The molecule has 124 valence electrons. The fourth-order valence-corrected chi connectivity index (χ4v) is 3.33. The zero-order valence-electron chi connectivity index (χ0n) is 14.8. The minimum absolute atomic E-state index is 0.792. The Labute approximate surface area is 132 Å². The molecule has 4 heteroatoms. The topological polar surface area (TPSA) is 27.7 Å². The van der Waals surface area contributed by atoms with Gasteiger partial charge in [0, 0.05) is 20.8 Å². The summed E-state index contributed by atoms with van der Waals surface area (Å²) in [6.45, 7) is 10.2. The molecule has 0 amide bonds. The predicted molar refractivity (Wildman–Crippen MR) is 92.9 cm³/mol. The first-order chi connectivity index (χ1) is 9.93. The Balaban J connectivity index is 3.61. The molecule has 0 aliphatic rings. The number of hydrogen-bond acceptors (Lipinski definition) is 3. The van der Waals surface area contributed by atoms with Crippen LogP contribution in [0.2, 0.25) is 12.6 Å². The average molecular weight is 315 g/mol. The maximum absolute atomic E-state index is 5.67. The van der Waals surface area contributed by atoms with Crippen LogP contribution in [0.1, 0.15) is 46.5 Å². The first-order valence-electron chi connectivity index (χ1n) is 7.90. The number of rotatable bonds is 12. The van der Waals surface area contributed by atoms with Crippen LogP contribution in [0.15, 0.2) is 23.3 Å². The SMILES string of the molecule is CO[Si](C)(CCCOCCC=C(C)CCC=C(C)C)OC. The Morgan fingerprint density at radius 3 is 2.19 bits per heavy atom. The zero-order valence-corrected chi connectivity index (χ0v) is 15.8. The smallest absolute Gasteiger partial charge is 0.334 e. The van der Waals surface area contributed by atoms with E-state index in [0.717, 1.165) is 44.9 Å². The molecule has 3 nitrogen and oxygen atoms in total. The van der Waals surface area contributed by atoms with Crippen LogP contribution in [0.25, 0.3) is 0 Å². The molecule has 0 radical (unpaired) electrons. The standard InChI is InChI=1S/C17H34O3Si/c1-16(2)10-7-11-17(3)12-8-13-20-14-9-15-21(6,18-4)19-5/h10,12H,7-9,11,13-15H2,1-6H3. The summed E-state index contributed by atoms with van der Waals surface area (Å²) in [5, 5.41) is 0. The lowest BCUT2D eigenvalue weighted by Crippen LogP contribution is -2.36. The van der Waals surface area contributed by atoms with Crippen molar-refractivity contribution in [2.45, 2.75) is 59.0 Å². The molecule has 0 aromatic rings. The van der Waals surface area contributed by atoms with E-state index >= 15 is 0 Å². The Hall–Kier alpha value is -0.423. The molecule has 0 aliphatic carbocycles. The molecule has 0 unspecified atom stereocenters. The van der Waals surface area contributed by atoms with Crippen LogP contribution in [-0.2, 0) is 13.6 Å². The predicted octanol–water partition coefficient (Wildman–Crippen LogP) is 4.84. The van der Waals surface area contributed by atoms with E-state index in [1.165, 1.54) is 11.1 Å². The average Bonchev–Trinajstić information content (AvgIpc) is 2.45. The Kier molecular flexibility index (Phi) is 11.9. The second kappa shape index (κ2) is 12.2. The number of allylic oxidation sites excluding steroid dienone is 3. The molecule has 0 saturated carbocycles. The third kappa shape index (κ3) is 11.9. The lowest BCUT2D eigenvalue weighted by Gasteiger charge is -2.22. The van der Waals surface area contributed by atoms with Gasteiger partial charge in [0.05, 0.1) is 6.61 Å². The van der Waals surface area contributed by atoms with Gasteiger partial charge in [0.1, 0.15) is 0 Å². The first kappa shape index (κ1) is 20.6. The molecular formula is C17H34O3Si. The van der Waals surface area contributed by atoms with Crippen molar-refractivity contribution in [3.63, 3.8) is 0 Å². The Morgan fingerprint density at radius 2 is 1.62 bits per heavy atom. The minimum Gasteiger partial charge on any atom is -0.398 e. The van der Waals surface area contributed by atoms with Gasteiger partial charge in [-0.3, -0.25) is 0 Å². The van der Waals surface area contributed by atoms with Gasteiger partial charge in [-0.2, -0.15) is 0 Å². The highest BCUT2D eigenvalue weighted by molar-refractivity contribution is 6.65. The van der Waals surface area contributed by atoms with Gasteiger partial charge >= 0.3 is 8.56 Å². The Morgan fingerprint density at radius 1 is 0.952 bits per heavy atom. The summed E-state index contributed by atoms with van der Waals surface area (Å²) in [6, 6.07) is 0.984. The molecule has 0 aromatic heterocycles. The Bertz CT molecular complexity index is 316. The van der Waals surface area contributed by atoms with Gasteiger partial charge in [-0.1, -0.05) is 23.3 Å². The van der Waals surface area contributed by atoms with E-state index in [1.807, 2.05) is 0 Å². The molecule has 0 fully saturated rings. The molecule has 0 atom stereocenters. The summed E-state index contributed by atoms with van der Waals surface area (Å²) < 4.78 is 16.6. The van der Waals surface area contributed by atoms with Crippen molar-refractivity contribution < 1.29 is 13.6 Å². The molecule has 0 heterocycles. The molecule has 0 N–H and O–H groups in total. The van der Waals surface area contributed by atoms with Crippen molar-refractivity contribution in [2.24, 2.45) is 0 Å². The van der Waals surface area contributed by atoms with Crippen molar-refractivity contribution in [1.29, 1.82) is 0 Å². The van der Waals surface area contributed by atoms with Gasteiger partial charge in [0.15, 0.2) is 0 Å². The molecule has 0 aliphatic heterocycles. The van der Waals surface area contributed by atoms with E-state index in [1.54, 1.807) is 14.2 Å². The molecule has 21 heavy (non-hydrogen) atoms. The molecule has 0 bridgehead atoms. The van der Waals surface area contributed by atoms with Crippen molar-refractivity contribution in [2.75, 3.05) is 27.4 Å². The highest BCUT2D eigenvalue weighted by atomic mass is 28.4. The van der Waals surface area contributed by atoms with E-state index in [4.69, 9.17) is 13.6 Å². The van der Waals surface area contributed by atoms with Gasteiger partial charge in [-0.15, -0.1) is 0 Å². The van der Waals surface area contributed by atoms with Gasteiger partial charge in [0.2, 0.25) is 0 Å². The normalized spacial score (nSPS) is 12.6. The van der Waals surface area contributed by atoms with E-state index < -0.39 is 8.56 Å². The van der Waals surface area contributed by atoms with Crippen LogP contribution in [0.5, 0.6) is 0 Å². The number of hydrogen-bond donors (Lipinski definition) is 0.